The van der Waals surface area contributed by atoms with E-state index in [1.807, 2.05) is 25.8 Å². The molecular formula is C9H19NO3. The fraction of sp³-hybridized carbons (Fsp3) is 0.889. The van der Waals surface area contributed by atoms with Crippen molar-refractivity contribution >= 4 is 5.97 Å². The Balaban J connectivity index is 4.24. The molecule has 0 radical (unpaired) electrons. The van der Waals surface area contributed by atoms with E-state index < -0.39 is 11.9 Å². The molecule has 0 bridgehead atoms. The molecule has 0 saturated heterocycles. The molecule has 0 aromatic rings. The number of hydrogen-bond acceptors (Lipinski definition) is 3. The molecule has 4 heteroatoms. The molecule has 0 aliphatic carbocycles. The van der Waals surface area contributed by atoms with E-state index in [-0.39, 0.29) is 18.7 Å². The van der Waals surface area contributed by atoms with Crippen LogP contribution in [0.4, 0.5) is 0 Å². The number of carboxylic acids is 1. The highest BCUT2D eigenvalue weighted by atomic mass is 16.4. The van der Waals surface area contributed by atoms with Crippen LogP contribution in [0.15, 0.2) is 0 Å². The van der Waals surface area contributed by atoms with Gasteiger partial charge in [0, 0.05) is 12.1 Å². The zero-order chi connectivity index (χ0) is 10.6. The van der Waals surface area contributed by atoms with Crippen LogP contribution in [0.25, 0.3) is 0 Å². The Kier molecular flexibility index (Phi) is 4.95. The first-order valence-electron chi connectivity index (χ1n) is 4.47. The number of carbonyl (C=O) groups is 1. The molecule has 2 N–H and O–H groups in total. The van der Waals surface area contributed by atoms with Crippen molar-refractivity contribution in [3.8, 4) is 0 Å². The second-order valence-corrected chi connectivity index (χ2v) is 3.56. The summed E-state index contributed by atoms with van der Waals surface area (Å²) >= 11 is 0. The number of nitrogens with zero attached hydrogens (tertiary/aromatic N) is 1. The number of aliphatic hydroxyl groups is 1. The summed E-state index contributed by atoms with van der Waals surface area (Å²) in [6.45, 7) is 5.44. The molecule has 13 heavy (non-hydrogen) atoms. The highest BCUT2D eigenvalue weighted by molar-refractivity contribution is 5.70. The summed E-state index contributed by atoms with van der Waals surface area (Å²) in [6, 6.07) is -0.0727. The normalized spacial score (nSPS) is 18.3. The van der Waals surface area contributed by atoms with Crippen molar-refractivity contribution in [3.63, 3.8) is 0 Å². The standard InChI is InChI=1S/C9H19NO3/c1-6(5-11)10(4)8(3)7(2)9(12)13/h6-8,11H,5H2,1-4H3,(H,12,13). The summed E-state index contributed by atoms with van der Waals surface area (Å²) in [5.41, 5.74) is 0. The summed E-state index contributed by atoms with van der Waals surface area (Å²) in [6.07, 6.45) is 0. The summed E-state index contributed by atoms with van der Waals surface area (Å²) in [4.78, 5) is 12.5. The van der Waals surface area contributed by atoms with Gasteiger partial charge < -0.3 is 10.2 Å². The largest absolute Gasteiger partial charge is 0.481 e. The van der Waals surface area contributed by atoms with Crippen molar-refractivity contribution in [2.24, 2.45) is 5.92 Å². The summed E-state index contributed by atoms with van der Waals surface area (Å²) in [5.74, 6) is -1.22. The lowest BCUT2D eigenvalue weighted by Gasteiger charge is -2.31. The molecule has 4 nitrogen and oxygen atoms in total. The Morgan fingerprint density at radius 2 is 1.85 bits per heavy atom. The first-order valence-corrected chi connectivity index (χ1v) is 4.47. The van der Waals surface area contributed by atoms with Gasteiger partial charge >= 0.3 is 5.97 Å². The van der Waals surface area contributed by atoms with Crippen LogP contribution in [0.1, 0.15) is 20.8 Å². The van der Waals surface area contributed by atoms with Crippen molar-refractivity contribution in [3.05, 3.63) is 0 Å². The molecule has 0 fully saturated rings. The van der Waals surface area contributed by atoms with E-state index in [4.69, 9.17) is 10.2 Å². The van der Waals surface area contributed by atoms with Crippen molar-refractivity contribution in [1.29, 1.82) is 0 Å². The third kappa shape index (κ3) is 3.32. The first-order chi connectivity index (χ1) is 5.91. The Bertz CT molecular complexity index is 172. The molecular weight excluding hydrogens is 170 g/mol. The van der Waals surface area contributed by atoms with Crippen LogP contribution in [-0.4, -0.2) is 46.8 Å². The van der Waals surface area contributed by atoms with Crippen LogP contribution in [0.5, 0.6) is 0 Å². The van der Waals surface area contributed by atoms with Crippen LogP contribution < -0.4 is 0 Å². The lowest BCUT2D eigenvalue weighted by molar-refractivity contribution is -0.143. The minimum Gasteiger partial charge on any atom is -0.481 e. The van der Waals surface area contributed by atoms with Gasteiger partial charge in [-0.1, -0.05) is 6.92 Å². The summed E-state index contributed by atoms with van der Waals surface area (Å²) in [7, 11) is 1.82. The maximum Gasteiger partial charge on any atom is 0.307 e. The van der Waals surface area contributed by atoms with Crippen LogP contribution in [0, 0.1) is 5.92 Å². The van der Waals surface area contributed by atoms with Gasteiger partial charge in [0.1, 0.15) is 0 Å². The van der Waals surface area contributed by atoms with Gasteiger partial charge in [-0.3, -0.25) is 9.69 Å². The quantitative estimate of drug-likeness (QED) is 0.657. The summed E-state index contributed by atoms with van der Waals surface area (Å²) in [5, 5.41) is 17.7. The highest BCUT2D eigenvalue weighted by Crippen LogP contribution is 2.11. The molecule has 0 aromatic carbocycles. The molecule has 0 aliphatic rings. The lowest BCUT2D eigenvalue weighted by Crippen LogP contribution is -2.44. The SMILES string of the molecule is CC(C(=O)O)C(C)N(C)C(C)CO. The van der Waals surface area contributed by atoms with Crippen LogP contribution in [0.2, 0.25) is 0 Å². The van der Waals surface area contributed by atoms with Crippen molar-refractivity contribution in [2.75, 3.05) is 13.7 Å². The van der Waals surface area contributed by atoms with E-state index in [1.165, 1.54) is 0 Å². The smallest absolute Gasteiger partial charge is 0.307 e. The zero-order valence-corrected chi connectivity index (χ0v) is 8.69. The molecule has 78 valence electrons. The molecule has 0 heterocycles. The molecule has 0 spiro atoms. The molecule has 0 aromatic heterocycles. The molecule has 3 atom stereocenters. The van der Waals surface area contributed by atoms with Crippen molar-refractivity contribution in [2.45, 2.75) is 32.9 Å². The molecule has 0 aliphatic heterocycles. The second kappa shape index (κ2) is 5.19. The average molecular weight is 189 g/mol. The van der Waals surface area contributed by atoms with Gasteiger partial charge in [0.25, 0.3) is 0 Å². The maximum atomic E-state index is 10.7. The number of rotatable bonds is 5. The van der Waals surface area contributed by atoms with Gasteiger partial charge in [0.05, 0.1) is 12.5 Å². The van der Waals surface area contributed by atoms with E-state index in [9.17, 15) is 4.79 Å². The average Bonchev–Trinajstić information content (AvgIpc) is 2.12. The van der Waals surface area contributed by atoms with Crippen molar-refractivity contribution < 1.29 is 15.0 Å². The van der Waals surface area contributed by atoms with Gasteiger partial charge in [-0.25, -0.2) is 0 Å². The lowest BCUT2D eigenvalue weighted by atomic mass is 10.0. The Hall–Kier alpha value is -0.610. The van der Waals surface area contributed by atoms with Gasteiger partial charge in [0.15, 0.2) is 0 Å². The van der Waals surface area contributed by atoms with E-state index >= 15 is 0 Å². The van der Waals surface area contributed by atoms with Gasteiger partial charge in [-0.05, 0) is 20.9 Å². The predicted molar refractivity (Wildman–Crippen MR) is 50.6 cm³/mol. The van der Waals surface area contributed by atoms with Gasteiger partial charge in [-0.2, -0.15) is 0 Å². The Morgan fingerprint density at radius 1 is 1.38 bits per heavy atom. The van der Waals surface area contributed by atoms with E-state index in [2.05, 4.69) is 0 Å². The first kappa shape index (κ1) is 12.4. The number of carboxylic acid groups (broad SMARTS) is 1. The van der Waals surface area contributed by atoms with Gasteiger partial charge in [-0.15, -0.1) is 0 Å². The molecule has 0 rings (SSSR count). The highest BCUT2D eigenvalue weighted by Gasteiger charge is 2.25. The van der Waals surface area contributed by atoms with E-state index in [0.717, 1.165) is 0 Å². The molecule has 0 amide bonds. The number of hydrogen-bond donors (Lipinski definition) is 2. The molecule has 3 unspecified atom stereocenters. The van der Waals surface area contributed by atoms with E-state index in [1.54, 1.807) is 6.92 Å². The molecule has 0 saturated carbocycles. The van der Waals surface area contributed by atoms with Crippen molar-refractivity contribution in [1.82, 2.24) is 4.90 Å². The Morgan fingerprint density at radius 3 is 2.15 bits per heavy atom. The summed E-state index contributed by atoms with van der Waals surface area (Å²) < 4.78 is 0. The van der Waals surface area contributed by atoms with Crippen LogP contribution in [-0.2, 0) is 4.79 Å². The third-order valence-corrected chi connectivity index (χ3v) is 2.72. The zero-order valence-electron chi connectivity index (χ0n) is 8.69. The number of likely N-dealkylation sites (N-methyl/N-ethyl adjacent to an activating group) is 1. The fourth-order valence-electron chi connectivity index (χ4n) is 1.09. The Labute approximate surface area is 79.2 Å². The maximum absolute atomic E-state index is 10.7. The minimum absolute atomic E-state index is 0.00296. The topological polar surface area (TPSA) is 60.8 Å². The number of aliphatic hydroxyl groups excluding tert-OH is 1. The van der Waals surface area contributed by atoms with Crippen LogP contribution >= 0.6 is 0 Å². The predicted octanol–water partition coefficient (Wildman–Crippen LogP) is 0.408. The van der Waals surface area contributed by atoms with Gasteiger partial charge in [0.2, 0.25) is 0 Å². The monoisotopic (exact) mass is 189 g/mol. The van der Waals surface area contributed by atoms with E-state index in [0.29, 0.717) is 0 Å². The number of aliphatic carboxylic acids is 1. The van der Waals surface area contributed by atoms with Crippen LogP contribution in [0.3, 0.4) is 0 Å². The second-order valence-electron chi connectivity index (χ2n) is 3.56. The fourth-order valence-corrected chi connectivity index (χ4v) is 1.09. The minimum atomic E-state index is -0.801. The third-order valence-electron chi connectivity index (χ3n) is 2.72.